The second-order valence-corrected chi connectivity index (χ2v) is 11.7. The average Bonchev–Trinajstić information content (AvgIpc) is 3.43. The molecule has 0 spiro atoms. The van der Waals surface area contributed by atoms with Crippen molar-refractivity contribution in [1.82, 2.24) is 3.97 Å². The van der Waals surface area contributed by atoms with Crippen LogP contribution in [0, 0.1) is 0 Å². The molecule has 5 nitrogen and oxygen atoms in total. The van der Waals surface area contributed by atoms with E-state index in [1.54, 1.807) is 11.5 Å². The van der Waals surface area contributed by atoms with E-state index >= 15 is 0 Å². The Labute approximate surface area is 216 Å². The number of carbonyl (C=O) groups is 1. The van der Waals surface area contributed by atoms with E-state index in [1.807, 2.05) is 24.3 Å². The SMILES string of the molecule is CC(C)c1ccc(C=CCS(=O)(=O)n2c(Cc3csc(C(=O)O)c3)cc3cc(C(F)(F)F)ccc32)cc1. The Morgan fingerprint density at radius 1 is 1.08 bits per heavy atom. The summed E-state index contributed by atoms with van der Waals surface area (Å²) in [7, 11) is -4.01. The van der Waals surface area contributed by atoms with Crippen molar-refractivity contribution in [3.8, 4) is 0 Å². The van der Waals surface area contributed by atoms with Crippen molar-refractivity contribution in [3.05, 3.63) is 98.9 Å². The molecular formula is C27H24F3NO4S2. The predicted molar refractivity (Wildman–Crippen MR) is 140 cm³/mol. The van der Waals surface area contributed by atoms with Crippen LogP contribution in [0.15, 0.2) is 66.1 Å². The van der Waals surface area contributed by atoms with Crippen LogP contribution in [-0.2, 0) is 22.6 Å². The fourth-order valence-electron chi connectivity index (χ4n) is 4.04. The van der Waals surface area contributed by atoms with E-state index in [0.717, 1.165) is 44.6 Å². The van der Waals surface area contributed by atoms with E-state index in [4.69, 9.17) is 0 Å². The first-order valence-corrected chi connectivity index (χ1v) is 13.9. The number of nitrogens with zero attached hydrogens (tertiary/aromatic N) is 1. The first kappa shape index (κ1) is 26.7. The highest BCUT2D eigenvalue weighted by molar-refractivity contribution is 7.90. The normalized spacial score (nSPS) is 12.7. The molecule has 4 aromatic rings. The smallest absolute Gasteiger partial charge is 0.416 e. The molecule has 0 fully saturated rings. The van der Waals surface area contributed by atoms with Gasteiger partial charge in [-0.1, -0.05) is 50.3 Å². The van der Waals surface area contributed by atoms with Crippen molar-refractivity contribution in [2.45, 2.75) is 32.4 Å². The van der Waals surface area contributed by atoms with Gasteiger partial charge >= 0.3 is 12.1 Å². The summed E-state index contributed by atoms with van der Waals surface area (Å²) >= 11 is 0.999. The number of rotatable bonds is 8. The highest BCUT2D eigenvalue weighted by Gasteiger charge is 2.31. The van der Waals surface area contributed by atoms with Crippen molar-refractivity contribution in [2.24, 2.45) is 0 Å². The summed E-state index contributed by atoms with van der Waals surface area (Å²) in [6.07, 6.45) is -1.34. The molecule has 0 radical (unpaired) electrons. The molecule has 0 aliphatic carbocycles. The second-order valence-electron chi connectivity index (χ2n) is 8.97. The van der Waals surface area contributed by atoms with Gasteiger partial charge in [0.05, 0.1) is 16.8 Å². The fourth-order valence-corrected chi connectivity index (χ4v) is 6.22. The van der Waals surface area contributed by atoms with E-state index < -0.39 is 27.7 Å². The number of thiophene rings is 1. The third-order valence-corrected chi connectivity index (χ3v) is 8.47. The summed E-state index contributed by atoms with van der Waals surface area (Å²) in [5, 5.41) is 10.9. The van der Waals surface area contributed by atoms with Gasteiger partial charge in [-0.2, -0.15) is 13.2 Å². The van der Waals surface area contributed by atoms with Crippen molar-refractivity contribution in [1.29, 1.82) is 0 Å². The maximum atomic E-state index is 13.4. The Morgan fingerprint density at radius 2 is 1.78 bits per heavy atom. The highest BCUT2D eigenvalue weighted by Crippen LogP contribution is 2.34. The third-order valence-electron chi connectivity index (χ3n) is 5.90. The summed E-state index contributed by atoms with van der Waals surface area (Å²) in [4.78, 5) is 11.3. The molecular weight excluding hydrogens is 523 g/mol. The first-order chi connectivity index (χ1) is 17.3. The molecule has 4 rings (SSSR count). The number of aromatic carboxylic acids is 1. The highest BCUT2D eigenvalue weighted by atomic mass is 32.2. The molecule has 2 heterocycles. The van der Waals surface area contributed by atoms with E-state index in [9.17, 15) is 31.5 Å². The molecule has 0 unspecified atom stereocenters. The number of hydrogen-bond donors (Lipinski definition) is 1. The van der Waals surface area contributed by atoms with Gasteiger partial charge in [0.1, 0.15) is 4.88 Å². The fraction of sp³-hybridized carbons (Fsp3) is 0.222. The molecule has 1 N–H and O–H groups in total. The largest absolute Gasteiger partial charge is 0.477 e. The standard InChI is InChI=1S/C27H24F3NO4S2/c1-17(2)20-7-5-18(6-8-20)4-3-11-37(34,35)31-23(12-19-13-25(26(32)33)36-16-19)15-21-14-22(27(28,29)30)9-10-24(21)31/h3-10,13-17H,11-12H2,1-2H3,(H,32,33). The quantitative estimate of drug-likeness (QED) is 0.257. The lowest BCUT2D eigenvalue weighted by Crippen LogP contribution is -2.18. The van der Waals surface area contributed by atoms with Crippen molar-refractivity contribution >= 4 is 44.3 Å². The molecule has 10 heteroatoms. The van der Waals surface area contributed by atoms with Gasteiger partial charge in [0, 0.05) is 17.5 Å². The van der Waals surface area contributed by atoms with Crippen LogP contribution in [0.25, 0.3) is 17.0 Å². The van der Waals surface area contributed by atoms with Gasteiger partial charge in [0.2, 0.25) is 10.0 Å². The van der Waals surface area contributed by atoms with Gasteiger partial charge in [-0.05, 0) is 58.3 Å². The lowest BCUT2D eigenvalue weighted by atomic mass is 10.0. The number of carboxylic acids is 1. The summed E-state index contributed by atoms with van der Waals surface area (Å²) < 4.78 is 67.8. The number of benzene rings is 2. The van der Waals surface area contributed by atoms with Crippen molar-refractivity contribution in [2.75, 3.05) is 5.75 Å². The average molecular weight is 548 g/mol. The number of halogens is 3. The topological polar surface area (TPSA) is 76.4 Å². The molecule has 0 amide bonds. The first-order valence-electron chi connectivity index (χ1n) is 11.4. The molecule has 194 valence electrons. The Balaban J connectivity index is 1.71. The number of hydrogen-bond acceptors (Lipinski definition) is 4. The second kappa shape index (κ2) is 10.2. The molecule has 0 saturated heterocycles. The number of fused-ring (bicyclic) bond motifs is 1. The molecule has 0 aliphatic heterocycles. The molecule has 0 aliphatic rings. The monoisotopic (exact) mass is 547 g/mol. The van der Waals surface area contributed by atoms with Crippen LogP contribution in [-0.4, -0.2) is 29.2 Å². The molecule has 0 atom stereocenters. The Bertz CT molecular complexity index is 1580. The van der Waals surface area contributed by atoms with Crippen LogP contribution >= 0.6 is 11.3 Å². The van der Waals surface area contributed by atoms with Crippen LogP contribution in [0.4, 0.5) is 13.2 Å². The lowest BCUT2D eigenvalue weighted by Gasteiger charge is -2.11. The molecule has 2 aromatic carbocycles. The minimum atomic E-state index is -4.58. The summed E-state index contributed by atoms with van der Waals surface area (Å²) in [5.74, 6) is -1.11. The summed E-state index contributed by atoms with van der Waals surface area (Å²) in [6, 6.07) is 13.5. The van der Waals surface area contributed by atoms with Gasteiger partial charge in [0.15, 0.2) is 0 Å². The summed E-state index contributed by atoms with van der Waals surface area (Å²) in [5.41, 5.74) is 2.04. The molecule has 2 aromatic heterocycles. The van der Waals surface area contributed by atoms with Gasteiger partial charge in [0.25, 0.3) is 0 Å². The van der Waals surface area contributed by atoms with E-state index in [-0.39, 0.29) is 33.6 Å². The van der Waals surface area contributed by atoms with Crippen LogP contribution in [0.2, 0.25) is 0 Å². The molecule has 0 saturated carbocycles. The van der Waals surface area contributed by atoms with Gasteiger partial charge in [-0.15, -0.1) is 11.3 Å². The van der Waals surface area contributed by atoms with Crippen LogP contribution < -0.4 is 0 Å². The number of aromatic nitrogens is 1. The molecule has 37 heavy (non-hydrogen) atoms. The van der Waals surface area contributed by atoms with Crippen LogP contribution in [0.3, 0.4) is 0 Å². The maximum Gasteiger partial charge on any atom is 0.416 e. The Morgan fingerprint density at radius 3 is 2.38 bits per heavy atom. The van der Waals surface area contributed by atoms with E-state index in [1.165, 1.54) is 18.2 Å². The third kappa shape index (κ3) is 5.97. The zero-order chi connectivity index (χ0) is 27.0. The Kier molecular flexibility index (Phi) is 7.34. The zero-order valence-electron chi connectivity index (χ0n) is 20.0. The van der Waals surface area contributed by atoms with Crippen molar-refractivity contribution < 1.29 is 31.5 Å². The minimum absolute atomic E-state index is 0.0411. The van der Waals surface area contributed by atoms with Gasteiger partial charge < -0.3 is 5.11 Å². The summed E-state index contributed by atoms with van der Waals surface area (Å²) in [6.45, 7) is 4.15. The maximum absolute atomic E-state index is 13.4. The number of alkyl halides is 3. The predicted octanol–water partition coefficient (Wildman–Crippen LogP) is 7.03. The van der Waals surface area contributed by atoms with Crippen molar-refractivity contribution in [3.63, 3.8) is 0 Å². The number of carboxylic acid groups (broad SMARTS) is 1. The molecule has 0 bridgehead atoms. The zero-order valence-corrected chi connectivity index (χ0v) is 21.6. The Hall–Kier alpha value is -3.37. The van der Waals surface area contributed by atoms with E-state index in [2.05, 4.69) is 13.8 Å². The lowest BCUT2D eigenvalue weighted by molar-refractivity contribution is -0.137. The van der Waals surface area contributed by atoms with Gasteiger partial charge in [-0.3, -0.25) is 0 Å². The van der Waals surface area contributed by atoms with E-state index in [0.29, 0.717) is 11.5 Å². The minimum Gasteiger partial charge on any atom is -0.477 e. The van der Waals surface area contributed by atoms with Gasteiger partial charge in [-0.25, -0.2) is 17.2 Å². The van der Waals surface area contributed by atoms with Crippen LogP contribution in [0.5, 0.6) is 0 Å². The van der Waals surface area contributed by atoms with Crippen LogP contribution in [0.1, 0.15) is 57.4 Å².